The molecule has 0 rings (SSSR count). The molecule has 6 heavy (non-hydrogen) atoms. The van der Waals surface area contributed by atoms with Crippen molar-refractivity contribution in [2.24, 2.45) is 5.16 Å². The maximum absolute atomic E-state index is 9.40. The summed E-state index contributed by atoms with van der Waals surface area (Å²) in [7, 11) is 0. The summed E-state index contributed by atoms with van der Waals surface area (Å²) in [6, 6.07) is 0. The van der Waals surface area contributed by atoms with E-state index in [9.17, 15) is 4.21 Å². The first kappa shape index (κ1) is 5.58. The van der Waals surface area contributed by atoms with Gasteiger partial charge < -0.3 is 9.76 Å². The second-order valence-electron chi connectivity index (χ2n) is 0.497. The fourth-order valence-corrected chi connectivity index (χ4v) is 0.121. The average molecular weight is 109 g/mol. The lowest BCUT2D eigenvalue weighted by Gasteiger charge is -1.68. The van der Waals surface area contributed by atoms with Crippen LogP contribution in [0.15, 0.2) is 5.16 Å². The normalized spacial score (nSPS) is 15.5. The lowest BCUT2D eigenvalue weighted by Crippen LogP contribution is -1.83. The Morgan fingerprint density at radius 3 is 2.33 bits per heavy atom. The van der Waals surface area contributed by atoms with Gasteiger partial charge in [0.15, 0.2) is 5.55 Å². The Hall–Kier alpha value is -0.420. The minimum Gasteiger partial charge on any atom is -0.410 e. The van der Waals surface area contributed by atoms with E-state index in [0.717, 1.165) is 0 Å². The van der Waals surface area contributed by atoms with E-state index >= 15 is 0 Å². The standard InChI is InChI=1S/CH3NO3S/c3-2-1-6(4)5/h1,3H,(H,4,5). The van der Waals surface area contributed by atoms with Crippen LogP contribution >= 0.6 is 0 Å². The molecule has 0 fully saturated rings. The zero-order valence-corrected chi connectivity index (χ0v) is 3.55. The van der Waals surface area contributed by atoms with Crippen LogP contribution in [-0.4, -0.2) is 19.5 Å². The zero-order valence-electron chi connectivity index (χ0n) is 2.74. The lowest BCUT2D eigenvalue weighted by molar-refractivity contribution is 0.322. The first-order valence-electron chi connectivity index (χ1n) is 1.04. The number of rotatable bonds is 1. The molecule has 1 atom stereocenters. The topological polar surface area (TPSA) is 69.9 Å². The summed E-state index contributed by atoms with van der Waals surface area (Å²) in [6.07, 6.45) is 0. The molecule has 4 nitrogen and oxygen atoms in total. The minimum atomic E-state index is -2.11. The number of oxime groups is 1. The fourth-order valence-electron chi connectivity index (χ4n) is 0.0403. The third-order valence-corrected chi connectivity index (χ3v) is 0.412. The molecule has 0 saturated heterocycles. The van der Waals surface area contributed by atoms with E-state index < -0.39 is 11.1 Å². The number of nitrogens with zero attached hydrogens (tertiary/aromatic N) is 1. The van der Waals surface area contributed by atoms with Crippen molar-refractivity contribution >= 4 is 16.6 Å². The predicted molar refractivity (Wildman–Crippen MR) is 21.0 cm³/mol. The third kappa shape index (κ3) is 3.58. The molecule has 0 aromatic carbocycles. The van der Waals surface area contributed by atoms with Crippen LogP contribution in [0.1, 0.15) is 0 Å². The molecule has 5 heteroatoms. The van der Waals surface area contributed by atoms with E-state index in [-0.39, 0.29) is 0 Å². The maximum atomic E-state index is 9.40. The first-order chi connectivity index (χ1) is 2.77. The van der Waals surface area contributed by atoms with E-state index in [4.69, 9.17) is 9.76 Å². The van der Waals surface area contributed by atoms with Crippen molar-refractivity contribution in [3.8, 4) is 0 Å². The van der Waals surface area contributed by atoms with Gasteiger partial charge in [-0.2, -0.15) is 0 Å². The molecule has 1 unspecified atom stereocenters. The molecule has 0 aliphatic carbocycles. The highest BCUT2D eigenvalue weighted by Gasteiger charge is 1.75. The van der Waals surface area contributed by atoms with Gasteiger partial charge in [0.05, 0.1) is 0 Å². The van der Waals surface area contributed by atoms with Gasteiger partial charge in [0.2, 0.25) is 11.1 Å². The van der Waals surface area contributed by atoms with E-state index in [1.54, 1.807) is 0 Å². The van der Waals surface area contributed by atoms with Gasteiger partial charge in [-0.25, -0.2) is 4.21 Å². The van der Waals surface area contributed by atoms with Crippen molar-refractivity contribution < 1.29 is 14.0 Å². The van der Waals surface area contributed by atoms with Gasteiger partial charge in [0.1, 0.15) is 0 Å². The smallest absolute Gasteiger partial charge is 0.201 e. The Morgan fingerprint density at radius 1 is 1.83 bits per heavy atom. The van der Waals surface area contributed by atoms with Gasteiger partial charge in [-0.3, -0.25) is 0 Å². The second-order valence-corrected chi connectivity index (χ2v) is 1.26. The van der Waals surface area contributed by atoms with Crippen LogP contribution in [0, 0.1) is 0 Å². The molecule has 36 valence electrons. The molecule has 0 aliphatic rings. The van der Waals surface area contributed by atoms with Gasteiger partial charge in [-0.05, 0) is 0 Å². The molecule has 0 radical (unpaired) electrons. The summed E-state index contributed by atoms with van der Waals surface area (Å²) in [6.45, 7) is 0. The Kier molecular flexibility index (Phi) is 2.60. The van der Waals surface area contributed by atoms with E-state index in [0.29, 0.717) is 5.55 Å². The Bertz CT molecular complexity index is 78.9. The molecular weight excluding hydrogens is 106 g/mol. The van der Waals surface area contributed by atoms with Gasteiger partial charge in [0, 0.05) is 0 Å². The molecular formula is CH3NO3S. The molecule has 0 aliphatic heterocycles. The maximum Gasteiger partial charge on any atom is 0.201 e. The van der Waals surface area contributed by atoms with Crippen LogP contribution in [-0.2, 0) is 11.1 Å². The summed E-state index contributed by atoms with van der Waals surface area (Å²) in [4.78, 5) is 0. The van der Waals surface area contributed by atoms with E-state index in [1.807, 2.05) is 0 Å². The average Bonchev–Trinajstić information content (AvgIpc) is 1.35. The molecule has 0 heterocycles. The van der Waals surface area contributed by atoms with Gasteiger partial charge in [0.25, 0.3) is 0 Å². The van der Waals surface area contributed by atoms with Gasteiger partial charge >= 0.3 is 0 Å². The zero-order chi connectivity index (χ0) is 4.99. The van der Waals surface area contributed by atoms with Crippen LogP contribution < -0.4 is 0 Å². The van der Waals surface area contributed by atoms with Crippen LogP contribution in [0.4, 0.5) is 0 Å². The first-order valence-corrected chi connectivity index (χ1v) is 2.21. The molecule has 0 aromatic rings. The number of hydrogen-bond donors (Lipinski definition) is 2. The molecule has 0 saturated carbocycles. The van der Waals surface area contributed by atoms with E-state index in [1.165, 1.54) is 0 Å². The summed E-state index contributed by atoms with van der Waals surface area (Å²) in [5, 5.41) is 9.71. The second kappa shape index (κ2) is 2.80. The van der Waals surface area contributed by atoms with Crippen molar-refractivity contribution in [3.63, 3.8) is 0 Å². The molecule has 0 spiro atoms. The highest BCUT2D eigenvalue weighted by Crippen LogP contribution is 1.58. The molecule has 0 aromatic heterocycles. The summed E-state index contributed by atoms with van der Waals surface area (Å²) >= 11 is -2.11. The monoisotopic (exact) mass is 109 g/mol. The minimum absolute atomic E-state index is 0.500. The Labute approximate surface area is 36.8 Å². The van der Waals surface area contributed by atoms with Crippen molar-refractivity contribution in [2.45, 2.75) is 0 Å². The lowest BCUT2D eigenvalue weighted by atomic mass is 11.7. The quantitative estimate of drug-likeness (QED) is 0.158. The molecule has 0 bridgehead atoms. The SMILES string of the molecule is O=S(O)C=NO. The van der Waals surface area contributed by atoms with Gasteiger partial charge in [-0.15, -0.1) is 0 Å². The van der Waals surface area contributed by atoms with Gasteiger partial charge in [-0.1, -0.05) is 5.16 Å². The highest BCUT2D eigenvalue weighted by atomic mass is 32.2. The van der Waals surface area contributed by atoms with Crippen LogP contribution in [0.3, 0.4) is 0 Å². The van der Waals surface area contributed by atoms with Crippen molar-refractivity contribution in [1.29, 1.82) is 0 Å². The largest absolute Gasteiger partial charge is 0.410 e. The van der Waals surface area contributed by atoms with Crippen LogP contribution in [0.5, 0.6) is 0 Å². The molecule has 2 N–H and O–H groups in total. The third-order valence-electron chi connectivity index (χ3n) is 0.137. The van der Waals surface area contributed by atoms with Crippen molar-refractivity contribution in [1.82, 2.24) is 0 Å². The fraction of sp³-hybridized carbons (Fsp3) is 0. The van der Waals surface area contributed by atoms with Crippen LogP contribution in [0.2, 0.25) is 0 Å². The predicted octanol–water partition coefficient (Wildman–Crippen LogP) is -0.374. The highest BCUT2D eigenvalue weighted by molar-refractivity contribution is 7.93. The van der Waals surface area contributed by atoms with E-state index in [2.05, 4.69) is 5.16 Å². The Morgan fingerprint density at radius 2 is 2.33 bits per heavy atom. The Balaban J connectivity index is 3.30. The van der Waals surface area contributed by atoms with Crippen molar-refractivity contribution in [3.05, 3.63) is 0 Å². The summed E-state index contributed by atoms with van der Waals surface area (Å²) in [5.41, 5.74) is 0.500. The van der Waals surface area contributed by atoms with Crippen molar-refractivity contribution in [2.75, 3.05) is 0 Å². The molecule has 0 amide bonds. The van der Waals surface area contributed by atoms with Crippen LogP contribution in [0.25, 0.3) is 0 Å². The summed E-state index contributed by atoms with van der Waals surface area (Å²) < 4.78 is 17.1. The number of hydrogen-bond acceptors (Lipinski definition) is 3. The summed E-state index contributed by atoms with van der Waals surface area (Å²) in [5.74, 6) is 0.